The lowest BCUT2D eigenvalue weighted by Crippen LogP contribution is -2.09. The Bertz CT molecular complexity index is 547. The van der Waals surface area contributed by atoms with Crippen molar-refractivity contribution in [3.63, 3.8) is 0 Å². The zero-order chi connectivity index (χ0) is 14.2. The molecule has 0 saturated carbocycles. The summed E-state index contributed by atoms with van der Waals surface area (Å²) in [6, 6.07) is 0. The summed E-state index contributed by atoms with van der Waals surface area (Å²) < 4.78 is 6.95. The van der Waals surface area contributed by atoms with E-state index in [1.165, 1.54) is 4.88 Å². The van der Waals surface area contributed by atoms with E-state index in [9.17, 15) is 0 Å². The summed E-state index contributed by atoms with van der Waals surface area (Å²) in [5, 5.41) is 0.182. The second-order valence-electron chi connectivity index (χ2n) is 5.69. The average molecular weight is 296 g/mol. The van der Waals surface area contributed by atoms with Crippen molar-refractivity contribution in [1.82, 2.24) is 9.97 Å². The first-order valence-corrected chi connectivity index (χ1v) is 8.04. The normalized spacial score (nSPS) is 13.8. The summed E-state index contributed by atoms with van der Waals surface area (Å²) in [7, 11) is 0. The van der Waals surface area contributed by atoms with Crippen LogP contribution >= 0.6 is 23.1 Å². The van der Waals surface area contributed by atoms with Gasteiger partial charge in [-0.15, -0.1) is 11.3 Å². The Morgan fingerprint density at radius 1 is 1.32 bits per heavy atom. The fourth-order valence-corrected chi connectivity index (χ4v) is 3.86. The standard InChI is InChI=1S/C14H20N2OS2/c1-8-9(2)18-13(16-8)19-10(3)12-15-7-11(17-12)14(4,5)6/h7,10H,1-6H3. The molecule has 2 aromatic rings. The third-order valence-electron chi connectivity index (χ3n) is 2.90. The maximum atomic E-state index is 5.86. The van der Waals surface area contributed by atoms with Crippen molar-refractivity contribution in [3.05, 3.63) is 28.4 Å². The van der Waals surface area contributed by atoms with Gasteiger partial charge in [-0.1, -0.05) is 32.5 Å². The molecule has 1 atom stereocenters. The van der Waals surface area contributed by atoms with Crippen LogP contribution in [0.15, 0.2) is 15.0 Å². The highest BCUT2D eigenvalue weighted by atomic mass is 32.2. The maximum absolute atomic E-state index is 5.86. The Balaban J connectivity index is 2.12. The molecule has 0 aromatic carbocycles. The van der Waals surface area contributed by atoms with E-state index in [0.29, 0.717) is 0 Å². The number of aryl methyl sites for hydroxylation is 2. The Morgan fingerprint density at radius 3 is 2.47 bits per heavy atom. The predicted molar refractivity (Wildman–Crippen MR) is 81.1 cm³/mol. The average Bonchev–Trinajstić information content (AvgIpc) is 2.86. The number of oxazole rings is 1. The summed E-state index contributed by atoms with van der Waals surface area (Å²) in [5.41, 5.74) is 1.12. The molecule has 0 fully saturated rings. The van der Waals surface area contributed by atoms with Gasteiger partial charge >= 0.3 is 0 Å². The highest BCUT2D eigenvalue weighted by molar-refractivity contribution is 8.01. The Morgan fingerprint density at radius 2 is 2.00 bits per heavy atom. The van der Waals surface area contributed by atoms with Crippen molar-refractivity contribution in [2.75, 3.05) is 0 Å². The third kappa shape index (κ3) is 3.39. The fourth-order valence-electron chi connectivity index (χ4n) is 1.52. The lowest BCUT2D eigenvalue weighted by molar-refractivity contribution is 0.383. The minimum Gasteiger partial charge on any atom is -0.444 e. The molecule has 2 heterocycles. The van der Waals surface area contributed by atoms with Gasteiger partial charge in [0.25, 0.3) is 0 Å². The Kier molecular flexibility index (Phi) is 4.06. The number of hydrogen-bond donors (Lipinski definition) is 0. The number of aromatic nitrogens is 2. The smallest absolute Gasteiger partial charge is 0.207 e. The molecular weight excluding hydrogens is 276 g/mol. The van der Waals surface area contributed by atoms with Gasteiger partial charge in [-0.25, -0.2) is 9.97 Å². The van der Waals surface area contributed by atoms with Gasteiger partial charge in [0.15, 0.2) is 4.34 Å². The van der Waals surface area contributed by atoms with E-state index >= 15 is 0 Å². The molecule has 2 rings (SSSR count). The van der Waals surface area contributed by atoms with Crippen molar-refractivity contribution in [2.45, 2.75) is 56.5 Å². The fraction of sp³-hybridized carbons (Fsp3) is 0.571. The van der Waals surface area contributed by atoms with Gasteiger partial charge < -0.3 is 4.42 Å². The minimum atomic E-state index is 0.00396. The molecule has 0 saturated heterocycles. The summed E-state index contributed by atoms with van der Waals surface area (Å²) in [4.78, 5) is 10.2. The van der Waals surface area contributed by atoms with E-state index in [-0.39, 0.29) is 10.7 Å². The van der Waals surface area contributed by atoms with Crippen LogP contribution in [0.25, 0.3) is 0 Å². The van der Waals surface area contributed by atoms with Gasteiger partial charge in [-0.3, -0.25) is 0 Å². The van der Waals surface area contributed by atoms with E-state index in [0.717, 1.165) is 21.7 Å². The van der Waals surface area contributed by atoms with Crippen LogP contribution in [0.1, 0.15) is 55.2 Å². The Labute approximate surface area is 122 Å². The quantitative estimate of drug-likeness (QED) is 0.755. The van der Waals surface area contributed by atoms with Gasteiger partial charge in [-0.05, 0) is 20.8 Å². The molecule has 0 spiro atoms. The first-order valence-electron chi connectivity index (χ1n) is 6.34. The van der Waals surface area contributed by atoms with Crippen molar-refractivity contribution in [2.24, 2.45) is 0 Å². The number of thiazole rings is 1. The third-order valence-corrected chi connectivity index (χ3v) is 5.15. The van der Waals surface area contributed by atoms with Gasteiger partial charge in [0.2, 0.25) is 5.89 Å². The first kappa shape index (κ1) is 14.6. The molecule has 3 nitrogen and oxygen atoms in total. The molecule has 2 aromatic heterocycles. The molecule has 0 radical (unpaired) electrons. The van der Waals surface area contributed by atoms with Crippen LogP contribution in [0.2, 0.25) is 0 Å². The van der Waals surface area contributed by atoms with Crippen LogP contribution in [0.3, 0.4) is 0 Å². The van der Waals surface area contributed by atoms with Crippen LogP contribution in [-0.4, -0.2) is 9.97 Å². The summed E-state index contributed by atoms with van der Waals surface area (Å²) >= 11 is 3.44. The first-order chi connectivity index (χ1) is 8.77. The molecule has 0 bridgehead atoms. The van der Waals surface area contributed by atoms with Crippen molar-refractivity contribution >= 4 is 23.1 Å². The van der Waals surface area contributed by atoms with Gasteiger partial charge in [0, 0.05) is 10.3 Å². The largest absolute Gasteiger partial charge is 0.444 e. The molecule has 19 heavy (non-hydrogen) atoms. The van der Waals surface area contributed by atoms with Crippen molar-refractivity contribution < 1.29 is 4.42 Å². The van der Waals surface area contributed by atoms with Gasteiger partial charge in [0.05, 0.1) is 17.1 Å². The molecule has 104 valence electrons. The SMILES string of the molecule is Cc1nc(SC(C)c2ncc(C(C)(C)C)o2)sc1C. The van der Waals surface area contributed by atoms with E-state index < -0.39 is 0 Å². The van der Waals surface area contributed by atoms with Crippen molar-refractivity contribution in [3.8, 4) is 0 Å². The zero-order valence-corrected chi connectivity index (χ0v) is 13.9. The van der Waals surface area contributed by atoms with Crippen LogP contribution in [0.5, 0.6) is 0 Å². The number of hydrogen-bond acceptors (Lipinski definition) is 5. The molecule has 0 N–H and O–H groups in total. The molecule has 0 aliphatic heterocycles. The van der Waals surface area contributed by atoms with Gasteiger partial charge in [0.1, 0.15) is 5.76 Å². The molecular formula is C14H20N2OS2. The molecule has 0 aliphatic rings. The lowest BCUT2D eigenvalue weighted by atomic mass is 9.94. The topological polar surface area (TPSA) is 38.9 Å². The van der Waals surface area contributed by atoms with Crippen LogP contribution in [0.4, 0.5) is 0 Å². The predicted octanol–water partition coefficient (Wildman–Crippen LogP) is 4.90. The van der Waals surface area contributed by atoms with E-state index in [2.05, 4.69) is 44.6 Å². The molecule has 0 aliphatic carbocycles. The highest BCUT2D eigenvalue weighted by Crippen LogP contribution is 2.38. The van der Waals surface area contributed by atoms with Crippen LogP contribution < -0.4 is 0 Å². The monoisotopic (exact) mass is 296 g/mol. The second kappa shape index (κ2) is 5.29. The Hall–Kier alpha value is -0.810. The highest BCUT2D eigenvalue weighted by Gasteiger charge is 2.22. The zero-order valence-electron chi connectivity index (χ0n) is 12.3. The van der Waals surface area contributed by atoms with E-state index in [4.69, 9.17) is 4.42 Å². The maximum Gasteiger partial charge on any atom is 0.207 e. The number of thioether (sulfide) groups is 1. The number of nitrogens with zero attached hydrogens (tertiary/aromatic N) is 2. The minimum absolute atomic E-state index is 0.00396. The summed E-state index contributed by atoms with van der Waals surface area (Å²) in [6.07, 6.45) is 1.84. The van der Waals surface area contributed by atoms with Crippen molar-refractivity contribution in [1.29, 1.82) is 0 Å². The second-order valence-corrected chi connectivity index (χ2v) is 8.49. The van der Waals surface area contributed by atoms with E-state index in [1.54, 1.807) is 23.1 Å². The molecule has 1 unspecified atom stereocenters. The summed E-state index contributed by atoms with van der Waals surface area (Å²) in [6.45, 7) is 12.6. The van der Waals surface area contributed by atoms with E-state index in [1.807, 2.05) is 13.1 Å². The molecule has 0 amide bonds. The lowest BCUT2D eigenvalue weighted by Gasteiger charge is -2.13. The molecule has 5 heteroatoms. The number of rotatable bonds is 3. The van der Waals surface area contributed by atoms with Gasteiger partial charge in [-0.2, -0.15) is 0 Å². The summed E-state index contributed by atoms with van der Waals surface area (Å²) in [5.74, 6) is 1.71. The van der Waals surface area contributed by atoms with Crippen LogP contribution in [0, 0.1) is 13.8 Å². The van der Waals surface area contributed by atoms with Crippen LogP contribution in [-0.2, 0) is 5.41 Å².